The minimum absolute atomic E-state index is 0.0435. The zero-order valence-corrected chi connectivity index (χ0v) is 13.5. The van der Waals surface area contributed by atoms with Crippen molar-refractivity contribution < 1.29 is 4.39 Å². The Kier molecular flexibility index (Phi) is 3.53. The number of aromatic nitrogens is 4. The van der Waals surface area contributed by atoms with Crippen LogP contribution in [0, 0.1) is 12.7 Å². The summed E-state index contributed by atoms with van der Waals surface area (Å²) < 4.78 is 16.3. The van der Waals surface area contributed by atoms with E-state index in [0.29, 0.717) is 11.6 Å². The van der Waals surface area contributed by atoms with E-state index in [0.717, 1.165) is 23.1 Å². The molecular formula is C17H16ClFN4. The van der Waals surface area contributed by atoms with E-state index in [1.54, 1.807) is 0 Å². The molecule has 118 valence electrons. The summed E-state index contributed by atoms with van der Waals surface area (Å²) in [5, 5.41) is 0.0435. The van der Waals surface area contributed by atoms with Crippen LogP contribution in [-0.4, -0.2) is 19.5 Å². The Morgan fingerprint density at radius 1 is 1.22 bits per heavy atom. The van der Waals surface area contributed by atoms with Crippen LogP contribution >= 0.6 is 11.6 Å². The van der Waals surface area contributed by atoms with Crippen molar-refractivity contribution in [2.75, 3.05) is 0 Å². The SMILES string of the molecule is Cc1nc2ccc(-c3nc(Cl)ncc3F)cc2n1C1CCCC1. The highest BCUT2D eigenvalue weighted by Gasteiger charge is 2.21. The zero-order chi connectivity index (χ0) is 16.0. The van der Waals surface area contributed by atoms with Crippen LogP contribution in [0.2, 0.25) is 5.28 Å². The molecule has 1 aliphatic carbocycles. The number of hydrogen-bond acceptors (Lipinski definition) is 3. The van der Waals surface area contributed by atoms with E-state index in [1.807, 2.05) is 25.1 Å². The van der Waals surface area contributed by atoms with Gasteiger partial charge in [0.1, 0.15) is 11.5 Å². The molecule has 1 saturated carbocycles. The molecule has 0 unspecified atom stereocenters. The lowest BCUT2D eigenvalue weighted by molar-refractivity contribution is 0.520. The second-order valence-electron chi connectivity index (χ2n) is 6.01. The highest BCUT2D eigenvalue weighted by molar-refractivity contribution is 6.28. The van der Waals surface area contributed by atoms with Crippen molar-refractivity contribution in [2.45, 2.75) is 38.6 Å². The quantitative estimate of drug-likeness (QED) is 0.639. The lowest BCUT2D eigenvalue weighted by atomic mass is 10.1. The van der Waals surface area contributed by atoms with Gasteiger partial charge < -0.3 is 4.57 Å². The maximum atomic E-state index is 14.1. The van der Waals surface area contributed by atoms with E-state index in [1.165, 1.54) is 25.7 Å². The summed E-state index contributed by atoms with van der Waals surface area (Å²) in [6, 6.07) is 6.18. The van der Waals surface area contributed by atoms with Gasteiger partial charge in [-0.2, -0.15) is 0 Å². The second-order valence-corrected chi connectivity index (χ2v) is 6.34. The lowest BCUT2D eigenvalue weighted by Gasteiger charge is -2.15. The van der Waals surface area contributed by atoms with Gasteiger partial charge in [-0.3, -0.25) is 0 Å². The zero-order valence-electron chi connectivity index (χ0n) is 12.8. The number of fused-ring (bicyclic) bond motifs is 1. The van der Waals surface area contributed by atoms with Crippen LogP contribution < -0.4 is 0 Å². The summed E-state index contributed by atoms with van der Waals surface area (Å²) in [4.78, 5) is 12.3. The monoisotopic (exact) mass is 330 g/mol. The largest absolute Gasteiger partial charge is 0.325 e. The number of hydrogen-bond donors (Lipinski definition) is 0. The van der Waals surface area contributed by atoms with Gasteiger partial charge in [0, 0.05) is 11.6 Å². The summed E-state index contributed by atoms with van der Waals surface area (Å²) in [5.41, 5.74) is 2.88. The van der Waals surface area contributed by atoms with Crippen LogP contribution in [0.4, 0.5) is 4.39 Å². The van der Waals surface area contributed by atoms with Crippen molar-refractivity contribution in [3.05, 3.63) is 41.3 Å². The Morgan fingerprint density at radius 3 is 2.78 bits per heavy atom. The average Bonchev–Trinajstić information content (AvgIpc) is 3.15. The average molecular weight is 331 g/mol. The molecule has 0 saturated heterocycles. The van der Waals surface area contributed by atoms with Crippen LogP contribution in [0.3, 0.4) is 0 Å². The molecular weight excluding hydrogens is 315 g/mol. The number of halogens is 2. The van der Waals surface area contributed by atoms with Crippen molar-refractivity contribution in [3.63, 3.8) is 0 Å². The lowest BCUT2D eigenvalue weighted by Crippen LogP contribution is -2.06. The Morgan fingerprint density at radius 2 is 2.00 bits per heavy atom. The molecule has 6 heteroatoms. The number of imidazole rings is 1. The fourth-order valence-corrected chi connectivity index (χ4v) is 3.67. The van der Waals surface area contributed by atoms with Gasteiger partial charge in [-0.15, -0.1) is 0 Å². The molecule has 0 aliphatic heterocycles. The summed E-state index contributed by atoms with van der Waals surface area (Å²) in [5.74, 6) is 0.530. The van der Waals surface area contributed by atoms with Gasteiger partial charge in [-0.1, -0.05) is 18.9 Å². The number of benzene rings is 1. The molecule has 0 spiro atoms. The van der Waals surface area contributed by atoms with Crippen molar-refractivity contribution in [3.8, 4) is 11.3 Å². The molecule has 0 N–H and O–H groups in total. The molecule has 4 rings (SSSR count). The van der Waals surface area contributed by atoms with Crippen LogP contribution in [0.1, 0.15) is 37.5 Å². The van der Waals surface area contributed by atoms with E-state index in [4.69, 9.17) is 11.6 Å². The van der Waals surface area contributed by atoms with E-state index in [9.17, 15) is 4.39 Å². The highest BCUT2D eigenvalue weighted by atomic mass is 35.5. The smallest absolute Gasteiger partial charge is 0.223 e. The van der Waals surface area contributed by atoms with Gasteiger partial charge in [-0.05, 0) is 43.5 Å². The topological polar surface area (TPSA) is 43.6 Å². The van der Waals surface area contributed by atoms with Gasteiger partial charge >= 0.3 is 0 Å². The van der Waals surface area contributed by atoms with E-state index < -0.39 is 5.82 Å². The first kappa shape index (κ1) is 14.6. The van der Waals surface area contributed by atoms with Crippen molar-refractivity contribution in [1.29, 1.82) is 0 Å². The standard InChI is InChI=1S/C17H16ClFN4/c1-10-21-14-7-6-11(16-13(19)9-20-17(18)22-16)8-15(14)23(10)12-4-2-3-5-12/h6-9,12H,2-5H2,1H3. The molecule has 3 aromatic rings. The molecule has 0 bridgehead atoms. The summed E-state index contributed by atoms with van der Waals surface area (Å²) in [6.07, 6.45) is 5.95. The fraction of sp³-hybridized carbons (Fsp3) is 0.353. The van der Waals surface area contributed by atoms with Crippen LogP contribution in [-0.2, 0) is 0 Å². The van der Waals surface area contributed by atoms with Gasteiger partial charge in [0.2, 0.25) is 5.28 Å². The van der Waals surface area contributed by atoms with Gasteiger partial charge in [0.15, 0.2) is 5.82 Å². The minimum atomic E-state index is -0.475. The van der Waals surface area contributed by atoms with Crippen LogP contribution in [0.15, 0.2) is 24.4 Å². The molecule has 1 aromatic carbocycles. The predicted octanol–water partition coefficient (Wildman–Crippen LogP) is 4.71. The first-order chi connectivity index (χ1) is 11.1. The van der Waals surface area contributed by atoms with E-state index in [2.05, 4.69) is 19.5 Å². The fourth-order valence-electron chi connectivity index (χ4n) is 3.53. The van der Waals surface area contributed by atoms with E-state index >= 15 is 0 Å². The van der Waals surface area contributed by atoms with Gasteiger partial charge in [-0.25, -0.2) is 19.3 Å². The summed E-state index contributed by atoms with van der Waals surface area (Å²) in [7, 11) is 0. The Bertz CT molecular complexity index is 884. The normalized spacial score (nSPS) is 15.6. The Balaban J connectivity index is 1.89. The molecule has 2 aromatic heterocycles. The first-order valence-electron chi connectivity index (χ1n) is 7.80. The second kappa shape index (κ2) is 5.57. The van der Waals surface area contributed by atoms with Gasteiger partial charge in [0.05, 0.1) is 17.2 Å². The Hall–Kier alpha value is -2.01. The van der Waals surface area contributed by atoms with Crippen molar-refractivity contribution in [1.82, 2.24) is 19.5 Å². The summed E-state index contributed by atoms with van der Waals surface area (Å²) in [6.45, 7) is 2.03. The molecule has 2 heterocycles. The molecule has 1 fully saturated rings. The third kappa shape index (κ3) is 2.49. The minimum Gasteiger partial charge on any atom is -0.325 e. The maximum absolute atomic E-state index is 14.1. The van der Waals surface area contributed by atoms with Crippen LogP contribution in [0.25, 0.3) is 22.3 Å². The van der Waals surface area contributed by atoms with Crippen molar-refractivity contribution >= 4 is 22.6 Å². The Labute approximate surface area is 138 Å². The molecule has 4 nitrogen and oxygen atoms in total. The van der Waals surface area contributed by atoms with Crippen molar-refractivity contribution in [2.24, 2.45) is 0 Å². The number of aryl methyl sites for hydroxylation is 1. The maximum Gasteiger partial charge on any atom is 0.223 e. The summed E-state index contributed by atoms with van der Waals surface area (Å²) >= 11 is 5.82. The predicted molar refractivity (Wildman–Crippen MR) is 88.0 cm³/mol. The molecule has 0 atom stereocenters. The third-order valence-corrected chi connectivity index (χ3v) is 4.73. The third-order valence-electron chi connectivity index (χ3n) is 4.54. The molecule has 1 aliphatic rings. The highest BCUT2D eigenvalue weighted by Crippen LogP contribution is 2.35. The number of nitrogens with zero attached hydrogens (tertiary/aromatic N) is 4. The van der Waals surface area contributed by atoms with Gasteiger partial charge in [0.25, 0.3) is 0 Å². The molecule has 0 radical (unpaired) electrons. The molecule has 0 amide bonds. The first-order valence-corrected chi connectivity index (χ1v) is 8.18. The molecule has 23 heavy (non-hydrogen) atoms. The van der Waals surface area contributed by atoms with E-state index in [-0.39, 0.29) is 11.0 Å². The number of rotatable bonds is 2. The van der Waals surface area contributed by atoms with Crippen LogP contribution in [0.5, 0.6) is 0 Å².